The van der Waals surface area contributed by atoms with Gasteiger partial charge in [0.25, 0.3) is 0 Å². The standard InChI is InChI=1S/C12H13BrN4O/c1-9-2-3-10(13)11(8-9)15-12(18)4-6-17-7-5-14-16-17/h2-3,5,7-8H,4,6H2,1H3,(H,15,18). The first kappa shape index (κ1) is 12.8. The quantitative estimate of drug-likeness (QED) is 0.943. The van der Waals surface area contributed by atoms with Gasteiger partial charge < -0.3 is 5.32 Å². The van der Waals surface area contributed by atoms with Gasteiger partial charge in [0.05, 0.1) is 18.4 Å². The molecule has 1 aromatic heterocycles. The molecule has 0 radical (unpaired) electrons. The first-order valence-electron chi connectivity index (χ1n) is 5.55. The Bertz CT molecular complexity index is 539. The van der Waals surface area contributed by atoms with E-state index in [2.05, 4.69) is 31.6 Å². The number of nitrogens with one attached hydrogen (secondary N) is 1. The molecule has 1 amide bonds. The fourth-order valence-corrected chi connectivity index (χ4v) is 1.86. The third-order valence-corrected chi connectivity index (χ3v) is 3.13. The number of rotatable bonds is 4. The average molecular weight is 309 g/mol. The van der Waals surface area contributed by atoms with Crippen LogP contribution in [-0.4, -0.2) is 20.9 Å². The monoisotopic (exact) mass is 308 g/mol. The molecule has 1 N–H and O–H groups in total. The molecule has 5 nitrogen and oxygen atoms in total. The molecular formula is C12H13BrN4O. The number of amides is 1. The van der Waals surface area contributed by atoms with Crippen LogP contribution in [0.2, 0.25) is 0 Å². The Kier molecular flexibility index (Phi) is 4.09. The van der Waals surface area contributed by atoms with Crippen molar-refractivity contribution in [3.63, 3.8) is 0 Å². The summed E-state index contributed by atoms with van der Waals surface area (Å²) in [5.74, 6) is -0.0446. The van der Waals surface area contributed by atoms with Crippen molar-refractivity contribution in [3.8, 4) is 0 Å². The lowest BCUT2D eigenvalue weighted by Crippen LogP contribution is -2.15. The van der Waals surface area contributed by atoms with E-state index >= 15 is 0 Å². The van der Waals surface area contributed by atoms with Gasteiger partial charge in [0.2, 0.25) is 5.91 Å². The lowest BCUT2D eigenvalue weighted by atomic mass is 10.2. The molecule has 0 aliphatic rings. The average Bonchev–Trinajstić information content (AvgIpc) is 2.84. The summed E-state index contributed by atoms with van der Waals surface area (Å²) in [5.41, 5.74) is 1.89. The number of hydrogen-bond acceptors (Lipinski definition) is 3. The van der Waals surface area contributed by atoms with Crippen molar-refractivity contribution >= 4 is 27.5 Å². The highest BCUT2D eigenvalue weighted by Crippen LogP contribution is 2.23. The van der Waals surface area contributed by atoms with E-state index in [1.807, 2.05) is 25.1 Å². The molecule has 1 aromatic carbocycles. The Morgan fingerprint density at radius 1 is 1.50 bits per heavy atom. The van der Waals surface area contributed by atoms with Crippen LogP contribution < -0.4 is 5.32 Å². The molecule has 0 bridgehead atoms. The Hall–Kier alpha value is -1.69. The number of aromatic nitrogens is 3. The van der Waals surface area contributed by atoms with E-state index in [9.17, 15) is 4.79 Å². The largest absolute Gasteiger partial charge is 0.325 e. The SMILES string of the molecule is Cc1ccc(Br)c(NC(=O)CCn2ccnn2)c1. The van der Waals surface area contributed by atoms with E-state index in [1.165, 1.54) is 0 Å². The normalized spacial score (nSPS) is 10.3. The molecule has 1 heterocycles. The van der Waals surface area contributed by atoms with Crippen LogP contribution in [0.4, 0.5) is 5.69 Å². The van der Waals surface area contributed by atoms with Crippen molar-refractivity contribution in [1.29, 1.82) is 0 Å². The fourth-order valence-electron chi connectivity index (χ4n) is 1.52. The molecule has 18 heavy (non-hydrogen) atoms. The van der Waals surface area contributed by atoms with Crippen molar-refractivity contribution in [2.24, 2.45) is 0 Å². The van der Waals surface area contributed by atoms with E-state index in [-0.39, 0.29) is 5.91 Å². The number of anilines is 1. The highest BCUT2D eigenvalue weighted by atomic mass is 79.9. The van der Waals surface area contributed by atoms with Crippen molar-refractivity contribution < 1.29 is 4.79 Å². The summed E-state index contributed by atoms with van der Waals surface area (Å²) < 4.78 is 2.51. The first-order chi connectivity index (χ1) is 8.65. The number of benzene rings is 1. The molecule has 0 saturated carbocycles. The van der Waals surface area contributed by atoms with E-state index < -0.39 is 0 Å². The van der Waals surface area contributed by atoms with Crippen LogP contribution in [0.1, 0.15) is 12.0 Å². The molecule has 0 atom stereocenters. The topological polar surface area (TPSA) is 59.8 Å². The van der Waals surface area contributed by atoms with Crippen LogP contribution >= 0.6 is 15.9 Å². The zero-order valence-electron chi connectivity index (χ0n) is 9.93. The van der Waals surface area contributed by atoms with Gasteiger partial charge in [0.1, 0.15) is 0 Å². The minimum atomic E-state index is -0.0446. The van der Waals surface area contributed by atoms with Gasteiger partial charge in [-0.1, -0.05) is 11.3 Å². The van der Waals surface area contributed by atoms with Gasteiger partial charge >= 0.3 is 0 Å². The van der Waals surface area contributed by atoms with Gasteiger partial charge in [-0.15, -0.1) is 5.10 Å². The van der Waals surface area contributed by atoms with Gasteiger partial charge in [-0.3, -0.25) is 9.48 Å². The predicted octanol–water partition coefficient (Wildman–Crippen LogP) is 2.38. The molecule has 94 valence electrons. The number of carbonyl (C=O) groups is 1. The maximum atomic E-state index is 11.8. The Balaban J connectivity index is 1.92. The smallest absolute Gasteiger partial charge is 0.226 e. The van der Waals surface area contributed by atoms with E-state index in [0.717, 1.165) is 15.7 Å². The number of hydrogen-bond donors (Lipinski definition) is 1. The van der Waals surface area contributed by atoms with E-state index in [1.54, 1.807) is 17.1 Å². The highest BCUT2D eigenvalue weighted by molar-refractivity contribution is 9.10. The summed E-state index contributed by atoms with van der Waals surface area (Å²) in [6.07, 6.45) is 3.69. The number of carbonyl (C=O) groups excluding carboxylic acids is 1. The molecule has 2 rings (SSSR count). The Morgan fingerprint density at radius 3 is 3.06 bits per heavy atom. The lowest BCUT2D eigenvalue weighted by molar-refractivity contribution is -0.116. The predicted molar refractivity (Wildman–Crippen MR) is 72.1 cm³/mol. The molecule has 6 heteroatoms. The van der Waals surface area contributed by atoms with Crippen LogP contribution in [0.3, 0.4) is 0 Å². The van der Waals surface area contributed by atoms with Crippen molar-refractivity contribution in [1.82, 2.24) is 15.0 Å². The summed E-state index contributed by atoms with van der Waals surface area (Å²) in [5, 5.41) is 10.4. The van der Waals surface area contributed by atoms with Crippen molar-refractivity contribution in [3.05, 3.63) is 40.6 Å². The third kappa shape index (κ3) is 3.40. The fraction of sp³-hybridized carbons (Fsp3) is 0.250. The number of halogens is 1. The third-order valence-electron chi connectivity index (χ3n) is 2.44. The summed E-state index contributed by atoms with van der Waals surface area (Å²) in [6.45, 7) is 2.51. The summed E-state index contributed by atoms with van der Waals surface area (Å²) >= 11 is 3.41. The van der Waals surface area contributed by atoms with E-state index in [4.69, 9.17) is 0 Å². The molecule has 0 spiro atoms. The van der Waals surface area contributed by atoms with Gasteiger partial charge in [0, 0.05) is 17.1 Å². The van der Waals surface area contributed by atoms with Gasteiger partial charge in [-0.25, -0.2) is 0 Å². The van der Waals surface area contributed by atoms with Gasteiger partial charge in [-0.05, 0) is 40.5 Å². The molecule has 0 aliphatic carbocycles. The van der Waals surface area contributed by atoms with E-state index in [0.29, 0.717) is 13.0 Å². The maximum absolute atomic E-state index is 11.8. The molecule has 0 fully saturated rings. The highest BCUT2D eigenvalue weighted by Gasteiger charge is 2.06. The van der Waals surface area contributed by atoms with Crippen LogP contribution in [0.5, 0.6) is 0 Å². The number of aryl methyl sites for hydroxylation is 2. The molecule has 2 aromatic rings. The summed E-state index contributed by atoms with van der Waals surface area (Å²) in [7, 11) is 0. The first-order valence-corrected chi connectivity index (χ1v) is 6.34. The van der Waals surface area contributed by atoms with Crippen LogP contribution in [0, 0.1) is 6.92 Å². The second kappa shape index (κ2) is 5.77. The van der Waals surface area contributed by atoms with Crippen LogP contribution in [0.15, 0.2) is 35.1 Å². The summed E-state index contributed by atoms with van der Waals surface area (Å²) in [4.78, 5) is 11.8. The molecular weight excluding hydrogens is 296 g/mol. The van der Waals surface area contributed by atoms with Gasteiger partial charge in [0.15, 0.2) is 0 Å². The zero-order valence-corrected chi connectivity index (χ0v) is 11.5. The zero-order chi connectivity index (χ0) is 13.0. The van der Waals surface area contributed by atoms with Gasteiger partial charge in [-0.2, -0.15) is 0 Å². The van der Waals surface area contributed by atoms with Crippen LogP contribution in [-0.2, 0) is 11.3 Å². The number of nitrogens with zero attached hydrogens (tertiary/aromatic N) is 3. The Morgan fingerprint density at radius 2 is 2.33 bits per heavy atom. The molecule has 0 aliphatic heterocycles. The lowest BCUT2D eigenvalue weighted by Gasteiger charge is -2.08. The van der Waals surface area contributed by atoms with Crippen molar-refractivity contribution in [2.75, 3.05) is 5.32 Å². The Labute approximate surface area is 113 Å². The minimum Gasteiger partial charge on any atom is -0.325 e. The van der Waals surface area contributed by atoms with Crippen molar-refractivity contribution in [2.45, 2.75) is 19.9 Å². The van der Waals surface area contributed by atoms with Crippen LogP contribution in [0.25, 0.3) is 0 Å². The second-order valence-corrected chi connectivity index (χ2v) is 4.80. The maximum Gasteiger partial charge on any atom is 0.226 e. The minimum absolute atomic E-state index is 0.0446. The summed E-state index contributed by atoms with van der Waals surface area (Å²) in [6, 6.07) is 5.83. The molecule has 0 unspecified atom stereocenters. The second-order valence-electron chi connectivity index (χ2n) is 3.95. The molecule has 0 saturated heterocycles.